The Morgan fingerprint density at radius 1 is 1.00 bits per heavy atom. The van der Waals surface area contributed by atoms with Gasteiger partial charge in [0.25, 0.3) is 0 Å². The summed E-state index contributed by atoms with van der Waals surface area (Å²) in [6, 6.07) is 7.42. The van der Waals surface area contributed by atoms with Gasteiger partial charge in [0.05, 0.1) is 5.39 Å². The molecule has 0 aliphatic heterocycles. The average molecular weight is 383 g/mol. The van der Waals surface area contributed by atoms with Crippen LogP contribution < -0.4 is 0 Å². The lowest BCUT2D eigenvalue weighted by Crippen LogP contribution is -2.29. The van der Waals surface area contributed by atoms with Crippen LogP contribution in [0.1, 0.15) is 75.8 Å². The predicted octanol–water partition coefficient (Wildman–Crippen LogP) is 7.95. The van der Waals surface area contributed by atoms with E-state index >= 15 is 0 Å². The van der Waals surface area contributed by atoms with Gasteiger partial charge in [-0.15, -0.1) is 0 Å². The zero-order chi connectivity index (χ0) is 19.7. The van der Waals surface area contributed by atoms with Crippen LogP contribution in [-0.2, 0) is 6.42 Å². The summed E-state index contributed by atoms with van der Waals surface area (Å²) in [7, 11) is 0. The Labute approximate surface area is 168 Å². The summed E-state index contributed by atoms with van der Waals surface area (Å²) >= 11 is 0. The summed E-state index contributed by atoms with van der Waals surface area (Å²) in [4.78, 5) is 0. The van der Waals surface area contributed by atoms with Crippen molar-refractivity contribution in [2.75, 3.05) is 0 Å². The second-order valence-corrected chi connectivity index (χ2v) is 9.20. The van der Waals surface area contributed by atoms with Gasteiger partial charge in [-0.3, -0.25) is 0 Å². The third-order valence-corrected chi connectivity index (χ3v) is 7.27. The van der Waals surface area contributed by atoms with Crippen molar-refractivity contribution in [3.8, 4) is 0 Å². The number of benzene rings is 2. The van der Waals surface area contributed by atoms with Crippen LogP contribution in [0.25, 0.3) is 10.8 Å². The molecule has 150 valence electrons. The smallest absolute Gasteiger partial charge is 0.137 e. The summed E-state index contributed by atoms with van der Waals surface area (Å²) in [6.45, 7) is 4.33. The lowest BCUT2D eigenvalue weighted by atomic mass is 9.64. The highest BCUT2D eigenvalue weighted by Crippen LogP contribution is 2.48. The van der Waals surface area contributed by atoms with Crippen LogP contribution in [0.2, 0.25) is 0 Å². The first-order valence-electron chi connectivity index (χ1n) is 11.1. The van der Waals surface area contributed by atoms with E-state index < -0.39 is 5.82 Å². The van der Waals surface area contributed by atoms with Gasteiger partial charge in [-0.1, -0.05) is 43.7 Å². The van der Waals surface area contributed by atoms with Crippen molar-refractivity contribution in [2.45, 2.75) is 71.1 Å². The zero-order valence-electron chi connectivity index (χ0n) is 17.2. The molecule has 0 radical (unpaired) electrons. The molecule has 0 nitrogen and oxygen atoms in total. The Morgan fingerprint density at radius 2 is 1.79 bits per heavy atom. The monoisotopic (exact) mass is 382 g/mol. The van der Waals surface area contributed by atoms with Gasteiger partial charge in [0, 0.05) is 0 Å². The molecule has 0 aromatic heterocycles. The SMILES string of the molecule is CC=CCCc1ccc2cc(C3CCC4CC(C)CCC4C3)cc(F)c2c1F. The molecule has 4 atom stereocenters. The largest absolute Gasteiger partial charge is 0.206 e. The average Bonchev–Trinajstić information content (AvgIpc) is 2.69. The first-order chi connectivity index (χ1) is 13.6. The summed E-state index contributed by atoms with van der Waals surface area (Å²) in [6.07, 6.45) is 13.0. The fourth-order valence-corrected chi connectivity index (χ4v) is 5.70. The van der Waals surface area contributed by atoms with E-state index in [1.165, 1.54) is 32.1 Å². The highest BCUT2D eigenvalue weighted by Gasteiger charge is 2.35. The summed E-state index contributed by atoms with van der Waals surface area (Å²) in [5.74, 6) is 2.17. The van der Waals surface area contributed by atoms with Crippen molar-refractivity contribution < 1.29 is 8.78 Å². The second-order valence-electron chi connectivity index (χ2n) is 9.20. The third kappa shape index (κ3) is 3.88. The molecule has 0 bridgehead atoms. The van der Waals surface area contributed by atoms with Crippen molar-refractivity contribution in [2.24, 2.45) is 17.8 Å². The van der Waals surface area contributed by atoms with E-state index in [0.29, 0.717) is 23.3 Å². The van der Waals surface area contributed by atoms with Crippen LogP contribution in [-0.4, -0.2) is 0 Å². The molecule has 0 amide bonds. The van der Waals surface area contributed by atoms with Crippen LogP contribution in [0.4, 0.5) is 8.78 Å². The highest BCUT2D eigenvalue weighted by molar-refractivity contribution is 5.85. The van der Waals surface area contributed by atoms with E-state index in [2.05, 4.69) is 6.92 Å². The number of rotatable bonds is 4. The number of fused-ring (bicyclic) bond motifs is 2. The Hall–Kier alpha value is -1.70. The molecule has 2 fully saturated rings. The fraction of sp³-hybridized carbons (Fsp3) is 0.538. The molecule has 2 heteroatoms. The van der Waals surface area contributed by atoms with Gasteiger partial charge in [0.2, 0.25) is 0 Å². The maximum Gasteiger partial charge on any atom is 0.137 e. The lowest BCUT2D eigenvalue weighted by Gasteiger charge is -2.41. The number of allylic oxidation sites excluding steroid dienone is 2. The van der Waals surface area contributed by atoms with Crippen LogP contribution in [0.15, 0.2) is 36.4 Å². The van der Waals surface area contributed by atoms with E-state index in [4.69, 9.17) is 0 Å². The van der Waals surface area contributed by atoms with Gasteiger partial charge in [0.1, 0.15) is 11.6 Å². The minimum absolute atomic E-state index is 0.168. The number of hydrogen-bond acceptors (Lipinski definition) is 0. The maximum absolute atomic E-state index is 15.0. The normalized spacial score (nSPS) is 28.0. The standard InChI is InChI=1S/C26H32F2/c1-3-4-5-6-18-9-12-22-15-23(16-24(27)25(22)26(18)28)21-11-10-19-13-17(2)7-8-20(19)14-21/h3-4,9,12,15-17,19-21H,5-8,10-11,13-14H2,1-2H3. The summed E-state index contributed by atoms with van der Waals surface area (Å²) < 4.78 is 29.9. The molecule has 0 spiro atoms. The van der Waals surface area contributed by atoms with Gasteiger partial charge >= 0.3 is 0 Å². The molecule has 28 heavy (non-hydrogen) atoms. The van der Waals surface area contributed by atoms with Crippen LogP contribution >= 0.6 is 0 Å². The van der Waals surface area contributed by atoms with Gasteiger partial charge in [-0.25, -0.2) is 8.78 Å². The maximum atomic E-state index is 15.0. The summed E-state index contributed by atoms with van der Waals surface area (Å²) in [5, 5.41) is 0.878. The van der Waals surface area contributed by atoms with Crippen molar-refractivity contribution in [1.82, 2.24) is 0 Å². The van der Waals surface area contributed by atoms with E-state index in [1.54, 1.807) is 6.07 Å². The Bertz CT molecular complexity index is 866. The molecule has 4 rings (SSSR count). The molecule has 2 aliphatic rings. The Kier molecular flexibility index (Phi) is 5.85. The number of halogens is 2. The van der Waals surface area contributed by atoms with Crippen molar-refractivity contribution in [3.63, 3.8) is 0 Å². The molecule has 0 heterocycles. The Morgan fingerprint density at radius 3 is 2.61 bits per heavy atom. The second kappa shape index (κ2) is 8.35. The van der Waals surface area contributed by atoms with Crippen molar-refractivity contribution >= 4 is 10.8 Å². The molecule has 2 aromatic carbocycles. The molecular weight excluding hydrogens is 350 g/mol. The minimum Gasteiger partial charge on any atom is -0.206 e. The summed E-state index contributed by atoms with van der Waals surface area (Å²) in [5.41, 5.74) is 1.68. The van der Waals surface area contributed by atoms with Crippen molar-refractivity contribution in [1.29, 1.82) is 0 Å². The minimum atomic E-state index is -0.391. The number of hydrogen-bond donors (Lipinski definition) is 0. The van der Waals surface area contributed by atoms with E-state index in [-0.39, 0.29) is 11.2 Å². The third-order valence-electron chi connectivity index (χ3n) is 7.27. The van der Waals surface area contributed by atoms with E-state index in [9.17, 15) is 8.78 Å². The number of aryl methyl sites for hydroxylation is 1. The molecule has 2 aromatic rings. The molecular formula is C26H32F2. The van der Waals surface area contributed by atoms with Crippen LogP contribution in [0, 0.1) is 29.4 Å². The molecule has 2 aliphatic carbocycles. The molecule has 4 unspecified atom stereocenters. The fourth-order valence-electron chi connectivity index (χ4n) is 5.70. The first-order valence-corrected chi connectivity index (χ1v) is 11.1. The lowest BCUT2D eigenvalue weighted by molar-refractivity contribution is 0.124. The molecule has 0 N–H and O–H groups in total. The van der Waals surface area contributed by atoms with Crippen molar-refractivity contribution in [3.05, 3.63) is 59.2 Å². The quantitative estimate of drug-likeness (QED) is 0.471. The van der Waals surface area contributed by atoms with Gasteiger partial charge in [0.15, 0.2) is 0 Å². The van der Waals surface area contributed by atoms with E-state index in [0.717, 1.165) is 36.2 Å². The Balaban J connectivity index is 1.58. The zero-order valence-corrected chi connectivity index (χ0v) is 17.2. The van der Waals surface area contributed by atoms with E-state index in [1.807, 2.05) is 37.3 Å². The highest BCUT2D eigenvalue weighted by atomic mass is 19.1. The van der Waals surface area contributed by atoms with Gasteiger partial charge in [-0.2, -0.15) is 0 Å². The topological polar surface area (TPSA) is 0 Å². The van der Waals surface area contributed by atoms with Gasteiger partial charge in [-0.05, 0) is 98.1 Å². The first kappa shape index (κ1) is 19.6. The molecule has 0 saturated heterocycles. The predicted molar refractivity (Wildman–Crippen MR) is 114 cm³/mol. The van der Waals surface area contributed by atoms with Crippen LogP contribution in [0.3, 0.4) is 0 Å². The van der Waals surface area contributed by atoms with Gasteiger partial charge < -0.3 is 0 Å². The molecule has 2 saturated carbocycles. The van der Waals surface area contributed by atoms with Crippen LogP contribution in [0.5, 0.6) is 0 Å².